The van der Waals surface area contributed by atoms with Gasteiger partial charge < -0.3 is 19.6 Å². The maximum absolute atomic E-state index is 5.15. The van der Waals surface area contributed by atoms with Crippen LogP contribution in [-0.4, -0.2) is 73.2 Å². The minimum absolute atomic E-state index is 0. The lowest BCUT2D eigenvalue weighted by Crippen LogP contribution is -2.52. The van der Waals surface area contributed by atoms with Gasteiger partial charge in [0.15, 0.2) is 11.1 Å². The van der Waals surface area contributed by atoms with Crippen LogP contribution in [0.3, 0.4) is 0 Å². The van der Waals surface area contributed by atoms with Crippen LogP contribution in [0.2, 0.25) is 0 Å². The molecule has 1 N–H and O–H groups in total. The van der Waals surface area contributed by atoms with Gasteiger partial charge in [0.05, 0.1) is 17.9 Å². The third-order valence-corrected chi connectivity index (χ3v) is 5.35. The van der Waals surface area contributed by atoms with Crippen molar-refractivity contribution in [2.45, 2.75) is 20.0 Å². The molecule has 0 amide bonds. The summed E-state index contributed by atoms with van der Waals surface area (Å²) in [5.41, 5.74) is 2.04. The van der Waals surface area contributed by atoms with E-state index in [0.29, 0.717) is 6.54 Å². The molecule has 3 heterocycles. The number of aliphatic imine (C=N–C) groups is 1. The highest BCUT2D eigenvalue weighted by Gasteiger charge is 2.20. The largest absolute Gasteiger partial charge is 0.361 e. The molecule has 0 saturated carbocycles. The molecule has 2 aromatic heterocycles. The van der Waals surface area contributed by atoms with Gasteiger partial charge in [-0.15, -0.1) is 35.3 Å². The van der Waals surface area contributed by atoms with E-state index in [2.05, 4.69) is 35.6 Å². The molecule has 2 aromatic rings. The zero-order valence-corrected chi connectivity index (χ0v) is 19.5. The van der Waals surface area contributed by atoms with Crippen LogP contribution in [0.15, 0.2) is 21.0 Å². The highest BCUT2D eigenvalue weighted by Crippen LogP contribution is 2.17. The molecule has 0 radical (unpaired) electrons. The second-order valence-corrected chi connectivity index (χ2v) is 7.45. The van der Waals surface area contributed by atoms with Gasteiger partial charge in [-0.25, -0.2) is 4.98 Å². The van der Waals surface area contributed by atoms with Crippen LogP contribution in [-0.2, 0) is 13.1 Å². The molecule has 150 valence electrons. The van der Waals surface area contributed by atoms with Gasteiger partial charge in [0.1, 0.15) is 5.76 Å². The van der Waals surface area contributed by atoms with Crippen molar-refractivity contribution < 1.29 is 4.52 Å². The number of nitrogens with one attached hydrogen (secondary N) is 1. The molecule has 0 unspecified atom stereocenters. The van der Waals surface area contributed by atoms with E-state index < -0.39 is 0 Å². The van der Waals surface area contributed by atoms with Crippen molar-refractivity contribution in [2.24, 2.45) is 4.99 Å². The number of halogens is 1. The number of piperazine rings is 1. The van der Waals surface area contributed by atoms with E-state index >= 15 is 0 Å². The predicted octanol–water partition coefficient (Wildman–Crippen LogP) is 2.02. The second kappa shape index (κ2) is 10.2. The number of nitrogens with zero attached hydrogens (tertiary/aromatic N) is 6. The molecule has 10 heteroatoms. The quantitative estimate of drug-likeness (QED) is 0.379. The number of hydrogen-bond acceptors (Lipinski definition) is 7. The van der Waals surface area contributed by atoms with Crippen LogP contribution in [0, 0.1) is 6.92 Å². The molecular weight excluding hydrogens is 477 g/mol. The average Bonchev–Trinajstić information content (AvgIpc) is 3.26. The summed E-state index contributed by atoms with van der Waals surface area (Å²) in [7, 11) is 5.85. The zero-order chi connectivity index (χ0) is 18.5. The van der Waals surface area contributed by atoms with E-state index in [1.54, 1.807) is 11.3 Å². The molecule has 8 nitrogen and oxygen atoms in total. The molecule has 0 bridgehead atoms. The third-order valence-electron chi connectivity index (χ3n) is 4.30. The van der Waals surface area contributed by atoms with E-state index in [9.17, 15) is 0 Å². The van der Waals surface area contributed by atoms with Gasteiger partial charge in [0.2, 0.25) is 0 Å². The van der Waals surface area contributed by atoms with Crippen molar-refractivity contribution in [2.75, 3.05) is 52.2 Å². The first-order valence-electron chi connectivity index (χ1n) is 8.77. The fourth-order valence-corrected chi connectivity index (χ4v) is 3.68. The lowest BCUT2D eigenvalue weighted by atomic mass is 10.3. The molecule has 0 spiro atoms. The molecule has 0 atom stereocenters. The number of rotatable bonds is 5. The Kier molecular flexibility index (Phi) is 8.29. The van der Waals surface area contributed by atoms with Gasteiger partial charge >= 0.3 is 0 Å². The number of guanidine groups is 1. The SMILES string of the molecule is CN=C(NCc1csc(N(C)C)n1)N1CCN(Cc2cc(C)on2)CC1.I. The van der Waals surface area contributed by atoms with Crippen LogP contribution in [0.4, 0.5) is 5.13 Å². The fourth-order valence-electron chi connectivity index (χ4n) is 2.92. The Bertz CT molecular complexity index is 737. The third kappa shape index (κ3) is 6.04. The Morgan fingerprint density at radius 3 is 2.59 bits per heavy atom. The number of aryl methyl sites for hydroxylation is 1. The minimum atomic E-state index is 0. The summed E-state index contributed by atoms with van der Waals surface area (Å²) in [6.45, 7) is 7.29. The predicted molar refractivity (Wildman–Crippen MR) is 120 cm³/mol. The summed E-state index contributed by atoms with van der Waals surface area (Å²) in [5.74, 6) is 1.80. The monoisotopic (exact) mass is 505 g/mol. The summed E-state index contributed by atoms with van der Waals surface area (Å²) in [6.07, 6.45) is 0. The van der Waals surface area contributed by atoms with Crippen molar-refractivity contribution in [1.82, 2.24) is 25.3 Å². The van der Waals surface area contributed by atoms with E-state index in [0.717, 1.165) is 61.0 Å². The van der Waals surface area contributed by atoms with Crippen molar-refractivity contribution in [3.05, 3.63) is 28.6 Å². The van der Waals surface area contributed by atoms with Crippen molar-refractivity contribution >= 4 is 46.4 Å². The molecule has 1 saturated heterocycles. The molecule has 1 fully saturated rings. The minimum Gasteiger partial charge on any atom is -0.361 e. The van der Waals surface area contributed by atoms with Crippen molar-refractivity contribution in [1.29, 1.82) is 0 Å². The van der Waals surface area contributed by atoms with Gasteiger partial charge in [0, 0.05) is 65.3 Å². The molecule has 1 aliphatic rings. The summed E-state index contributed by atoms with van der Waals surface area (Å²) in [4.78, 5) is 15.8. The highest BCUT2D eigenvalue weighted by molar-refractivity contribution is 14.0. The first-order chi connectivity index (χ1) is 12.5. The Morgan fingerprint density at radius 1 is 1.30 bits per heavy atom. The van der Waals surface area contributed by atoms with E-state index in [-0.39, 0.29) is 24.0 Å². The lowest BCUT2D eigenvalue weighted by Gasteiger charge is -2.36. The lowest BCUT2D eigenvalue weighted by molar-refractivity contribution is 0.169. The number of aromatic nitrogens is 2. The van der Waals surface area contributed by atoms with Gasteiger partial charge in [0.25, 0.3) is 0 Å². The van der Waals surface area contributed by atoms with E-state index in [1.807, 2.05) is 39.0 Å². The molecule has 27 heavy (non-hydrogen) atoms. The molecule has 3 rings (SSSR count). The Morgan fingerprint density at radius 2 is 2.04 bits per heavy atom. The molecular formula is C17H28IN7OS. The van der Waals surface area contributed by atoms with Crippen LogP contribution in [0.25, 0.3) is 0 Å². The Hall–Kier alpha value is -1.40. The summed E-state index contributed by atoms with van der Waals surface area (Å²) in [5, 5.41) is 10.6. The summed E-state index contributed by atoms with van der Waals surface area (Å²) < 4.78 is 5.15. The molecule has 0 aromatic carbocycles. The van der Waals surface area contributed by atoms with Crippen LogP contribution >= 0.6 is 35.3 Å². The second-order valence-electron chi connectivity index (χ2n) is 6.61. The van der Waals surface area contributed by atoms with Gasteiger partial charge in [-0.3, -0.25) is 9.89 Å². The molecule has 1 aliphatic heterocycles. The Balaban J connectivity index is 0.00000261. The van der Waals surface area contributed by atoms with Gasteiger partial charge in [-0.2, -0.15) is 0 Å². The normalized spacial score (nSPS) is 15.6. The maximum atomic E-state index is 5.15. The maximum Gasteiger partial charge on any atom is 0.194 e. The van der Waals surface area contributed by atoms with Gasteiger partial charge in [-0.1, -0.05) is 5.16 Å². The highest BCUT2D eigenvalue weighted by atomic mass is 127. The fraction of sp³-hybridized carbons (Fsp3) is 0.588. The zero-order valence-electron chi connectivity index (χ0n) is 16.3. The summed E-state index contributed by atoms with van der Waals surface area (Å²) in [6, 6.07) is 2.00. The van der Waals surface area contributed by atoms with Crippen LogP contribution in [0.5, 0.6) is 0 Å². The van der Waals surface area contributed by atoms with E-state index in [4.69, 9.17) is 4.52 Å². The number of hydrogen-bond donors (Lipinski definition) is 1. The van der Waals surface area contributed by atoms with Crippen molar-refractivity contribution in [3.8, 4) is 0 Å². The smallest absolute Gasteiger partial charge is 0.194 e. The Labute approximate surface area is 181 Å². The first-order valence-corrected chi connectivity index (χ1v) is 9.65. The number of thiazole rings is 1. The van der Waals surface area contributed by atoms with Gasteiger partial charge in [-0.05, 0) is 6.92 Å². The molecule has 0 aliphatic carbocycles. The summed E-state index contributed by atoms with van der Waals surface area (Å²) >= 11 is 1.66. The topological polar surface area (TPSA) is 73.0 Å². The average molecular weight is 505 g/mol. The number of anilines is 1. The van der Waals surface area contributed by atoms with E-state index in [1.165, 1.54) is 0 Å². The first kappa shape index (κ1) is 21.9. The van der Waals surface area contributed by atoms with Crippen LogP contribution in [0.1, 0.15) is 17.1 Å². The standard InChI is InChI=1S/C17H27N7OS.HI/c1-13-9-14(21-25-13)11-23-5-7-24(8-6-23)16(18-2)19-10-15-12-26-17(20-15)22(3)4;/h9,12H,5-8,10-11H2,1-4H3,(H,18,19);1H. The van der Waals surface area contributed by atoms with Crippen LogP contribution < -0.4 is 10.2 Å². The van der Waals surface area contributed by atoms with Crippen molar-refractivity contribution in [3.63, 3.8) is 0 Å².